The minimum Gasteiger partial charge on any atom is -0.481 e. The Hall–Kier alpha value is -2.12. The van der Waals surface area contributed by atoms with Gasteiger partial charge >= 0.3 is 23.9 Å². The molecule has 2 rings (SSSR count). The van der Waals surface area contributed by atoms with Crippen LogP contribution in [0.4, 0.5) is 0 Å². The standard InChI is InChI=1S/C15H26O4.C11H18O4/c1-5-18-14(17)12-8-6-11(7-9-12)10-13(16)19-15(2,3)4;1-2-15-11(14)9-5-3-8(4-6-9)7-10(12)13/h11-12H,5-10H2,1-4H3;8-9H,2-7H2,1H3,(H,12,13). The number of esters is 3. The third-order valence-electron chi connectivity index (χ3n) is 6.27. The Labute approximate surface area is 204 Å². The quantitative estimate of drug-likeness (QED) is 0.381. The van der Waals surface area contributed by atoms with Crippen molar-refractivity contribution in [3.8, 4) is 0 Å². The molecule has 0 spiro atoms. The third kappa shape index (κ3) is 12.4. The summed E-state index contributed by atoms with van der Waals surface area (Å²) in [6, 6.07) is 0. The van der Waals surface area contributed by atoms with Gasteiger partial charge in [-0.15, -0.1) is 0 Å². The lowest BCUT2D eigenvalue weighted by molar-refractivity contribution is -0.156. The fourth-order valence-corrected chi connectivity index (χ4v) is 4.59. The van der Waals surface area contributed by atoms with E-state index in [2.05, 4.69) is 0 Å². The molecule has 0 atom stereocenters. The van der Waals surface area contributed by atoms with Gasteiger partial charge in [0.25, 0.3) is 0 Å². The molecule has 0 aromatic heterocycles. The van der Waals surface area contributed by atoms with Crippen molar-refractivity contribution in [3.63, 3.8) is 0 Å². The Kier molecular flexibility index (Phi) is 13.2. The van der Waals surface area contributed by atoms with Gasteiger partial charge in [-0.25, -0.2) is 0 Å². The van der Waals surface area contributed by atoms with Gasteiger partial charge in [-0.05, 0) is 97.8 Å². The van der Waals surface area contributed by atoms with Crippen molar-refractivity contribution in [1.82, 2.24) is 0 Å². The first kappa shape index (κ1) is 29.9. The summed E-state index contributed by atoms with van der Waals surface area (Å²) in [6.45, 7) is 10.1. The summed E-state index contributed by atoms with van der Waals surface area (Å²) in [6.07, 6.45) is 7.37. The number of aliphatic carboxylic acids is 1. The Morgan fingerprint density at radius 3 is 1.41 bits per heavy atom. The molecule has 0 bridgehead atoms. The minimum atomic E-state index is -0.741. The van der Waals surface area contributed by atoms with E-state index in [-0.39, 0.29) is 42.1 Å². The molecule has 0 radical (unpaired) electrons. The van der Waals surface area contributed by atoms with Gasteiger partial charge in [0.2, 0.25) is 0 Å². The fraction of sp³-hybridized carbons (Fsp3) is 0.846. The molecule has 0 aliphatic heterocycles. The number of ether oxygens (including phenoxy) is 3. The topological polar surface area (TPSA) is 116 Å². The second-order valence-corrected chi connectivity index (χ2v) is 10.3. The van der Waals surface area contributed by atoms with Crippen LogP contribution in [0.5, 0.6) is 0 Å². The first-order valence-electron chi connectivity index (χ1n) is 12.7. The number of carbonyl (C=O) groups is 4. The average Bonchev–Trinajstić information content (AvgIpc) is 2.74. The third-order valence-corrected chi connectivity index (χ3v) is 6.27. The predicted molar refractivity (Wildman–Crippen MR) is 127 cm³/mol. The van der Waals surface area contributed by atoms with Crippen LogP contribution >= 0.6 is 0 Å². The lowest BCUT2D eigenvalue weighted by atomic mass is 9.80. The summed E-state index contributed by atoms with van der Waals surface area (Å²) in [5.41, 5.74) is -0.417. The molecule has 196 valence electrons. The van der Waals surface area contributed by atoms with Crippen LogP contribution < -0.4 is 0 Å². The summed E-state index contributed by atoms with van der Waals surface area (Å²) in [5, 5.41) is 8.63. The zero-order valence-electron chi connectivity index (χ0n) is 21.6. The van der Waals surface area contributed by atoms with Crippen LogP contribution in [0.1, 0.15) is 98.8 Å². The summed E-state index contributed by atoms with van der Waals surface area (Å²) in [5.74, 6) is -0.468. The number of carbonyl (C=O) groups excluding carboxylic acids is 3. The highest BCUT2D eigenvalue weighted by atomic mass is 16.6. The molecule has 2 fully saturated rings. The van der Waals surface area contributed by atoms with Crippen LogP contribution in [0.3, 0.4) is 0 Å². The van der Waals surface area contributed by atoms with Crippen LogP contribution in [-0.4, -0.2) is 47.8 Å². The molecular formula is C26H44O8. The van der Waals surface area contributed by atoms with E-state index in [0.29, 0.717) is 25.6 Å². The van der Waals surface area contributed by atoms with Crippen LogP contribution in [0.2, 0.25) is 0 Å². The van der Waals surface area contributed by atoms with Gasteiger partial charge in [0.1, 0.15) is 5.60 Å². The van der Waals surface area contributed by atoms with E-state index in [4.69, 9.17) is 19.3 Å². The highest BCUT2D eigenvalue weighted by Gasteiger charge is 2.30. The van der Waals surface area contributed by atoms with Gasteiger partial charge in [0.05, 0.1) is 25.0 Å². The second-order valence-electron chi connectivity index (χ2n) is 10.3. The fourth-order valence-electron chi connectivity index (χ4n) is 4.59. The first-order valence-corrected chi connectivity index (χ1v) is 12.7. The van der Waals surface area contributed by atoms with E-state index >= 15 is 0 Å². The maximum absolute atomic E-state index is 11.7. The Bertz CT molecular complexity index is 650. The Balaban J connectivity index is 0.000000350. The molecule has 0 aromatic rings. The van der Waals surface area contributed by atoms with Gasteiger partial charge in [-0.2, -0.15) is 0 Å². The summed E-state index contributed by atoms with van der Waals surface area (Å²) in [7, 11) is 0. The molecule has 8 nitrogen and oxygen atoms in total. The summed E-state index contributed by atoms with van der Waals surface area (Å²) < 4.78 is 15.3. The molecule has 2 saturated carbocycles. The number of carboxylic acids is 1. The monoisotopic (exact) mass is 484 g/mol. The van der Waals surface area contributed by atoms with Crippen molar-refractivity contribution < 1.29 is 38.5 Å². The maximum Gasteiger partial charge on any atom is 0.308 e. The van der Waals surface area contributed by atoms with Gasteiger partial charge in [-0.1, -0.05) is 0 Å². The van der Waals surface area contributed by atoms with Crippen molar-refractivity contribution in [2.75, 3.05) is 13.2 Å². The molecular weight excluding hydrogens is 440 g/mol. The first-order chi connectivity index (χ1) is 15.9. The number of hydrogen-bond donors (Lipinski definition) is 1. The zero-order chi connectivity index (χ0) is 25.7. The molecule has 0 unspecified atom stereocenters. The molecule has 34 heavy (non-hydrogen) atoms. The maximum atomic E-state index is 11.7. The van der Waals surface area contributed by atoms with E-state index in [1.807, 2.05) is 27.7 Å². The van der Waals surface area contributed by atoms with Crippen molar-refractivity contribution in [3.05, 3.63) is 0 Å². The molecule has 0 heterocycles. The molecule has 0 aromatic carbocycles. The largest absolute Gasteiger partial charge is 0.481 e. The lowest BCUT2D eigenvalue weighted by Gasteiger charge is -2.27. The molecule has 2 aliphatic carbocycles. The predicted octanol–water partition coefficient (Wildman–Crippen LogP) is 4.92. The van der Waals surface area contributed by atoms with Crippen molar-refractivity contribution >= 4 is 23.9 Å². The summed E-state index contributed by atoms with van der Waals surface area (Å²) in [4.78, 5) is 45.2. The SMILES string of the molecule is CCOC(=O)C1CCC(CC(=O)O)CC1.CCOC(=O)C1CCC(CC(=O)OC(C)(C)C)CC1. The zero-order valence-corrected chi connectivity index (χ0v) is 21.6. The lowest BCUT2D eigenvalue weighted by Crippen LogP contribution is -2.28. The van der Waals surface area contributed by atoms with E-state index in [1.165, 1.54) is 0 Å². The van der Waals surface area contributed by atoms with E-state index in [1.54, 1.807) is 6.92 Å². The molecule has 2 aliphatic rings. The Morgan fingerprint density at radius 2 is 1.09 bits per heavy atom. The average molecular weight is 485 g/mol. The van der Waals surface area contributed by atoms with Gasteiger partial charge < -0.3 is 19.3 Å². The van der Waals surface area contributed by atoms with Gasteiger partial charge in [0, 0.05) is 12.8 Å². The van der Waals surface area contributed by atoms with Crippen LogP contribution in [0.25, 0.3) is 0 Å². The minimum absolute atomic E-state index is 0.00463. The number of rotatable bonds is 8. The highest BCUT2D eigenvalue weighted by molar-refractivity contribution is 5.73. The molecule has 1 N–H and O–H groups in total. The van der Waals surface area contributed by atoms with Crippen molar-refractivity contribution in [2.45, 2.75) is 104 Å². The molecule has 0 saturated heterocycles. The van der Waals surface area contributed by atoms with Crippen LogP contribution in [0.15, 0.2) is 0 Å². The van der Waals surface area contributed by atoms with Gasteiger partial charge in [-0.3, -0.25) is 19.2 Å². The highest BCUT2D eigenvalue weighted by Crippen LogP contribution is 2.32. The normalized spacial score (nSPS) is 24.7. The van der Waals surface area contributed by atoms with Crippen molar-refractivity contribution in [1.29, 1.82) is 0 Å². The van der Waals surface area contributed by atoms with Gasteiger partial charge in [0.15, 0.2) is 0 Å². The number of carboxylic acid groups (broad SMARTS) is 1. The van der Waals surface area contributed by atoms with E-state index in [0.717, 1.165) is 51.4 Å². The van der Waals surface area contributed by atoms with Crippen molar-refractivity contribution in [2.24, 2.45) is 23.7 Å². The second kappa shape index (κ2) is 15.0. The molecule has 0 amide bonds. The summed E-state index contributed by atoms with van der Waals surface area (Å²) >= 11 is 0. The Morgan fingerprint density at radius 1 is 0.706 bits per heavy atom. The van der Waals surface area contributed by atoms with E-state index < -0.39 is 11.6 Å². The smallest absolute Gasteiger partial charge is 0.308 e. The number of hydrogen-bond acceptors (Lipinski definition) is 7. The van der Waals surface area contributed by atoms with Crippen LogP contribution in [0, 0.1) is 23.7 Å². The van der Waals surface area contributed by atoms with Crippen LogP contribution in [-0.2, 0) is 33.4 Å². The molecule has 8 heteroatoms. The van der Waals surface area contributed by atoms with E-state index in [9.17, 15) is 19.2 Å².